The first kappa shape index (κ1) is 22.0. The molecule has 3 rings (SSSR count). The number of hydrogen-bond donors (Lipinski definition) is 0. The monoisotopic (exact) mass is 441 g/mol. The van der Waals surface area contributed by atoms with Crippen LogP contribution >= 0.6 is 11.6 Å². The van der Waals surface area contributed by atoms with Gasteiger partial charge >= 0.3 is 5.69 Å². The molecular formula is C23H17ClFNO5. The maximum absolute atomic E-state index is 13.5. The molecule has 3 aromatic carbocycles. The Labute approximate surface area is 182 Å². The smallest absolute Gasteiger partial charge is 0.311 e. The molecule has 0 aliphatic carbocycles. The van der Waals surface area contributed by atoms with E-state index < -0.39 is 10.7 Å². The van der Waals surface area contributed by atoms with Gasteiger partial charge in [-0.1, -0.05) is 23.7 Å². The highest BCUT2D eigenvalue weighted by molar-refractivity contribution is 6.30. The summed E-state index contributed by atoms with van der Waals surface area (Å²) in [6.07, 6.45) is 3.05. The molecule has 0 fully saturated rings. The molecule has 0 saturated carbocycles. The predicted octanol–water partition coefficient (Wildman–Crippen LogP) is 5.87. The minimum atomic E-state index is -0.648. The molecule has 0 atom stereocenters. The first-order valence-corrected chi connectivity index (χ1v) is 9.47. The fourth-order valence-corrected chi connectivity index (χ4v) is 2.93. The fourth-order valence-electron chi connectivity index (χ4n) is 2.81. The highest BCUT2D eigenvalue weighted by atomic mass is 35.5. The SMILES string of the molecule is COc1ccc(/C=C/C(=O)c2ccc(Cl)cc2)cc1COc1cc(F)ccc1[N+](=O)[O-]. The van der Waals surface area contributed by atoms with Crippen LogP contribution in [0, 0.1) is 15.9 Å². The van der Waals surface area contributed by atoms with E-state index in [9.17, 15) is 19.3 Å². The van der Waals surface area contributed by atoms with Gasteiger partial charge in [-0.15, -0.1) is 0 Å². The number of nitro groups is 1. The van der Waals surface area contributed by atoms with Crippen LogP contribution in [0.25, 0.3) is 6.08 Å². The van der Waals surface area contributed by atoms with Crippen molar-refractivity contribution in [2.75, 3.05) is 7.11 Å². The van der Waals surface area contributed by atoms with E-state index in [1.165, 1.54) is 13.2 Å². The van der Waals surface area contributed by atoms with Crippen LogP contribution in [0.3, 0.4) is 0 Å². The van der Waals surface area contributed by atoms with Gasteiger partial charge in [0.05, 0.1) is 12.0 Å². The zero-order valence-electron chi connectivity index (χ0n) is 16.4. The number of carbonyl (C=O) groups is 1. The first-order chi connectivity index (χ1) is 14.9. The molecule has 31 heavy (non-hydrogen) atoms. The lowest BCUT2D eigenvalue weighted by atomic mass is 10.1. The van der Waals surface area contributed by atoms with Gasteiger partial charge in [-0.05, 0) is 54.1 Å². The Bertz CT molecular complexity index is 1150. The Morgan fingerprint density at radius 1 is 1.10 bits per heavy atom. The van der Waals surface area contributed by atoms with E-state index in [0.29, 0.717) is 27.5 Å². The van der Waals surface area contributed by atoms with Crippen LogP contribution in [0.1, 0.15) is 21.5 Å². The summed E-state index contributed by atoms with van der Waals surface area (Å²) in [7, 11) is 1.48. The van der Waals surface area contributed by atoms with Crippen molar-refractivity contribution in [1.82, 2.24) is 0 Å². The number of allylic oxidation sites excluding steroid dienone is 1. The molecule has 0 aliphatic heterocycles. The van der Waals surface area contributed by atoms with Crippen molar-refractivity contribution in [2.45, 2.75) is 6.61 Å². The molecule has 0 aliphatic rings. The highest BCUT2D eigenvalue weighted by Gasteiger charge is 2.17. The maximum atomic E-state index is 13.5. The number of nitrogens with zero attached hydrogens (tertiary/aromatic N) is 1. The molecular weight excluding hydrogens is 425 g/mol. The average Bonchev–Trinajstić information content (AvgIpc) is 2.76. The summed E-state index contributed by atoms with van der Waals surface area (Å²) in [4.78, 5) is 22.8. The van der Waals surface area contributed by atoms with Gasteiger partial charge < -0.3 is 9.47 Å². The molecule has 0 unspecified atom stereocenters. The third-order valence-corrected chi connectivity index (χ3v) is 4.61. The summed E-state index contributed by atoms with van der Waals surface area (Å²) in [6.45, 7) is -0.0969. The minimum absolute atomic E-state index is 0.0969. The van der Waals surface area contributed by atoms with Crippen molar-refractivity contribution in [3.63, 3.8) is 0 Å². The lowest BCUT2D eigenvalue weighted by Gasteiger charge is -2.11. The lowest BCUT2D eigenvalue weighted by molar-refractivity contribution is -0.386. The third kappa shape index (κ3) is 5.67. The topological polar surface area (TPSA) is 78.7 Å². The molecule has 0 spiro atoms. The Balaban J connectivity index is 1.80. The number of benzene rings is 3. The van der Waals surface area contributed by atoms with E-state index in [4.69, 9.17) is 21.1 Å². The van der Waals surface area contributed by atoms with Gasteiger partial charge in [0, 0.05) is 28.3 Å². The second-order valence-corrected chi connectivity index (χ2v) is 6.87. The van der Waals surface area contributed by atoms with Crippen molar-refractivity contribution in [3.8, 4) is 11.5 Å². The first-order valence-electron chi connectivity index (χ1n) is 9.09. The van der Waals surface area contributed by atoms with Crippen LogP contribution in [0.15, 0.2) is 66.7 Å². The fraction of sp³-hybridized carbons (Fsp3) is 0.0870. The number of carbonyl (C=O) groups excluding carboxylic acids is 1. The molecule has 3 aromatic rings. The van der Waals surface area contributed by atoms with E-state index in [1.54, 1.807) is 48.5 Å². The Hall–Kier alpha value is -3.71. The summed E-state index contributed by atoms with van der Waals surface area (Å²) in [5, 5.41) is 11.7. The summed E-state index contributed by atoms with van der Waals surface area (Å²) < 4.78 is 24.3. The number of hydrogen-bond acceptors (Lipinski definition) is 5. The molecule has 0 N–H and O–H groups in total. The van der Waals surface area contributed by atoms with Crippen LogP contribution in [0.4, 0.5) is 10.1 Å². The molecule has 0 amide bonds. The van der Waals surface area contributed by atoms with Crippen molar-refractivity contribution in [3.05, 3.63) is 104 Å². The Morgan fingerprint density at radius 2 is 1.84 bits per heavy atom. The van der Waals surface area contributed by atoms with Gasteiger partial charge in [-0.2, -0.15) is 0 Å². The maximum Gasteiger partial charge on any atom is 0.311 e. The molecule has 0 bridgehead atoms. The van der Waals surface area contributed by atoms with Gasteiger partial charge in [0.25, 0.3) is 0 Å². The lowest BCUT2D eigenvalue weighted by Crippen LogP contribution is -2.02. The number of ketones is 1. The largest absolute Gasteiger partial charge is 0.496 e. The van der Waals surface area contributed by atoms with Crippen molar-refractivity contribution >= 4 is 29.1 Å². The molecule has 0 heterocycles. The number of rotatable bonds is 8. The van der Waals surface area contributed by atoms with Crippen molar-refractivity contribution in [2.24, 2.45) is 0 Å². The van der Waals surface area contributed by atoms with E-state index in [1.807, 2.05) is 0 Å². The number of nitro benzene ring substituents is 1. The molecule has 0 aromatic heterocycles. The van der Waals surface area contributed by atoms with Crippen LogP contribution in [0.5, 0.6) is 11.5 Å². The van der Waals surface area contributed by atoms with Crippen LogP contribution in [-0.4, -0.2) is 17.8 Å². The second-order valence-electron chi connectivity index (χ2n) is 6.43. The zero-order chi connectivity index (χ0) is 22.4. The molecule has 6 nitrogen and oxygen atoms in total. The summed E-state index contributed by atoms with van der Waals surface area (Å²) >= 11 is 5.83. The number of halogens is 2. The van der Waals surface area contributed by atoms with Crippen molar-refractivity contribution in [1.29, 1.82) is 0 Å². The third-order valence-electron chi connectivity index (χ3n) is 4.36. The summed E-state index contributed by atoms with van der Waals surface area (Å²) in [5.74, 6) is -0.545. The number of methoxy groups -OCH3 is 1. The van der Waals surface area contributed by atoms with Gasteiger partial charge in [0.1, 0.15) is 18.2 Å². The van der Waals surface area contributed by atoms with Gasteiger partial charge in [0.15, 0.2) is 11.5 Å². The predicted molar refractivity (Wildman–Crippen MR) is 115 cm³/mol. The van der Waals surface area contributed by atoms with E-state index >= 15 is 0 Å². The van der Waals surface area contributed by atoms with E-state index in [-0.39, 0.29) is 23.8 Å². The van der Waals surface area contributed by atoms with Gasteiger partial charge in [-0.3, -0.25) is 14.9 Å². The average molecular weight is 442 g/mol. The minimum Gasteiger partial charge on any atom is -0.496 e. The summed E-state index contributed by atoms with van der Waals surface area (Å²) in [6, 6.07) is 14.7. The normalized spacial score (nSPS) is 10.8. The van der Waals surface area contributed by atoms with E-state index in [0.717, 1.165) is 18.2 Å². The van der Waals surface area contributed by atoms with Gasteiger partial charge in [0.2, 0.25) is 0 Å². The highest BCUT2D eigenvalue weighted by Crippen LogP contribution is 2.30. The van der Waals surface area contributed by atoms with Crippen LogP contribution in [-0.2, 0) is 6.61 Å². The van der Waals surface area contributed by atoms with Crippen molar-refractivity contribution < 1.29 is 23.6 Å². The molecule has 0 saturated heterocycles. The van der Waals surface area contributed by atoms with Crippen LogP contribution in [0.2, 0.25) is 5.02 Å². The molecule has 158 valence electrons. The quantitative estimate of drug-likeness (QED) is 0.189. The number of ether oxygens (including phenoxy) is 2. The standard InChI is InChI=1S/C23H17ClFNO5/c1-30-22-11-3-15(2-10-21(27)16-4-6-18(24)7-5-16)12-17(22)14-31-23-13-19(25)8-9-20(23)26(28)29/h2-13H,14H2,1H3/b10-2+. The molecule has 8 heteroatoms. The van der Waals surface area contributed by atoms with E-state index in [2.05, 4.69) is 0 Å². The van der Waals surface area contributed by atoms with Crippen LogP contribution < -0.4 is 9.47 Å². The second kappa shape index (κ2) is 9.86. The Morgan fingerprint density at radius 3 is 2.52 bits per heavy atom. The zero-order valence-corrected chi connectivity index (χ0v) is 17.1. The summed E-state index contributed by atoms with van der Waals surface area (Å²) in [5.41, 5.74) is 1.42. The van der Waals surface area contributed by atoms with Gasteiger partial charge in [-0.25, -0.2) is 4.39 Å². The Kier molecular flexibility index (Phi) is 6.99. The molecule has 0 radical (unpaired) electrons.